The van der Waals surface area contributed by atoms with E-state index in [9.17, 15) is 9.59 Å². The second-order valence-corrected chi connectivity index (χ2v) is 7.55. The van der Waals surface area contributed by atoms with Gasteiger partial charge in [-0.2, -0.15) is 0 Å². The van der Waals surface area contributed by atoms with E-state index < -0.39 is 12.0 Å². The van der Waals surface area contributed by atoms with E-state index in [1.165, 1.54) is 12.7 Å². The number of hydrogen-bond donors (Lipinski definition) is 0. The van der Waals surface area contributed by atoms with Gasteiger partial charge in [0.15, 0.2) is 0 Å². The molecule has 28 heavy (non-hydrogen) atoms. The van der Waals surface area contributed by atoms with E-state index in [-0.39, 0.29) is 18.0 Å². The quantitative estimate of drug-likeness (QED) is 0.745. The predicted octanol–water partition coefficient (Wildman–Crippen LogP) is 3.44. The Balaban J connectivity index is 1.54. The highest BCUT2D eigenvalue weighted by molar-refractivity contribution is 5.89. The lowest BCUT2D eigenvalue weighted by atomic mass is 9.86. The van der Waals surface area contributed by atoms with Gasteiger partial charge in [-0.15, -0.1) is 0 Å². The van der Waals surface area contributed by atoms with Gasteiger partial charge in [0.05, 0.1) is 12.7 Å². The molecule has 2 unspecified atom stereocenters. The first-order valence-electron chi connectivity index (χ1n) is 9.81. The van der Waals surface area contributed by atoms with Crippen LogP contribution in [-0.4, -0.2) is 42.1 Å². The lowest BCUT2D eigenvalue weighted by Gasteiger charge is -2.42. The molecule has 2 aromatic carbocycles. The largest absolute Gasteiger partial charge is 0.469 e. The number of fused-ring (bicyclic) bond motifs is 2. The number of piperidine rings is 1. The summed E-state index contributed by atoms with van der Waals surface area (Å²) in [6.07, 6.45) is 2.12. The summed E-state index contributed by atoms with van der Waals surface area (Å²) >= 11 is 0. The van der Waals surface area contributed by atoms with E-state index in [2.05, 4.69) is 17.0 Å². The first-order chi connectivity index (χ1) is 13.7. The van der Waals surface area contributed by atoms with Crippen molar-refractivity contribution in [1.82, 2.24) is 4.90 Å². The fourth-order valence-electron chi connectivity index (χ4n) is 4.65. The molecule has 4 atom stereocenters. The van der Waals surface area contributed by atoms with Crippen LogP contribution < -0.4 is 0 Å². The average Bonchev–Trinajstić information content (AvgIpc) is 3.00. The van der Waals surface area contributed by atoms with Gasteiger partial charge in [0, 0.05) is 25.0 Å². The normalized spacial score (nSPS) is 26.6. The molecule has 0 spiro atoms. The van der Waals surface area contributed by atoms with Crippen molar-refractivity contribution in [2.45, 2.75) is 44.0 Å². The summed E-state index contributed by atoms with van der Waals surface area (Å²) < 4.78 is 10.9. The number of ether oxygens (including phenoxy) is 2. The fourth-order valence-corrected chi connectivity index (χ4v) is 4.65. The number of carbonyl (C=O) groups is 2. The van der Waals surface area contributed by atoms with E-state index in [0.717, 1.165) is 19.4 Å². The molecule has 5 heteroatoms. The molecule has 2 fully saturated rings. The minimum atomic E-state index is -0.458. The van der Waals surface area contributed by atoms with Crippen molar-refractivity contribution in [3.8, 4) is 0 Å². The van der Waals surface area contributed by atoms with Crippen molar-refractivity contribution in [2.75, 3.05) is 7.11 Å². The molecule has 0 aromatic heterocycles. The smallest absolute Gasteiger partial charge is 0.338 e. The topological polar surface area (TPSA) is 55.8 Å². The van der Waals surface area contributed by atoms with E-state index in [1.54, 1.807) is 24.3 Å². The van der Waals surface area contributed by atoms with Crippen LogP contribution in [0.5, 0.6) is 0 Å². The van der Waals surface area contributed by atoms with Gasteiger partial charge in [0.2, 0.25) is 0 Å². The number of nitrogens with zero attached hydrogens (tertiary/aromatic N) is 1. The van der Waals surface area contributed by atoms with Crippen molar-refractivity contribution in [2.24, 2.45) is 5.92 Å². The maximum Gasteiger partial charge on any atom is 0.338 e. The molecule has 2 aliphatic heterocycles. The summed E-state index contributed by atoms with van der Waals surface area (Å²) in [5.74, 6) is -1.13. The molecule has 4 rings (SSSR count). The Morgan fingerprint density at radius 3 is 2.36 bits per heavy atom. The molecular weight excluding hydrogens is 354 g/mol. The van der Waals surface area contributed by atoms with Gasteiger partial charge in [-0.25, -0.2) is 4.79 Å². The van der Waals surface area contributed by atoms with E-state index in [0.29, 0.717) is 18.0 Å². The second-order valence-electron chi connectivity index (χ2n) is 7.55. The van der Waals surface area contributed by atoms with Crippen LogP contribution in [0, 0.1) is 5.92 Å². The van der Waals surface area contributed by atoms with E-state index in [4.69, 9.17) is 9.47 Å². The first-order valence-corrected chi connectivity index (χ1v) is 9.81. The molecule has 2 heterocycles. The maximum atomic E-state index is 12.6. The maximum absolute atomic E-state index is 12.6. The molecule has 2 aliphatic rings. The highest BCUT2D eigenvalue weighted by Gasteiger charge is 2.52. The van der Waals surface area contributed by atoms with Gasteiger partial charge < -0.3 is 9.47 Å². The van der Waals surface area contributed by atoms with Crippen LogP contribution in [0.2, 0.25) is 0 Å². The van der Waals surface area contributed by atoms with Gasteiger partial charge >= 0.3 is 11.9 Å². The number of benzene rings is 2. The third kappa shape index (κ3) is 3.67. The van der Waals surface area contributed by atoms with E-state index in [1.807, 2.05) is 24.3 Å². The fraction of sp³-hybridized carbons (Fsp3) is 0.391. The molecule has 2 aromatic rings. The Kier molecular flexibility index (Phi) is 5.44. The van der Waals surface area contributed by atoms with Crippen LogP contribution in [-0.2, 0) is 20.8 Å². The highest BCUT2D eigenvalue weighted by atomic mass is 16.6. The number of hydrogen-bond acceptors (Lipinski definition) is 5. The Bertz CT molecular complexity index is 823. The van der Waals surface area contributed by atoms with Crippen LogP contribution in [0.3, 0.4) is 0 Å². The van der Waals surface area contributed by atoms with Crippen molar-refractivity contribution >= 4 is 11.9 Å². The van der Waals surface area contributed by atoms with Crippen molar-refractivity contribution < 1.29 is 19.1 Å². The van der Waals surface area contributed by atoms with Gasteiger partial charge in [-0.3, -0.25) is 9.69 Å². The van der Waals surface area contributed by atoms with Crippen molar-refractivity contribution in [3.63, 3.8) is 0 Å². The molecule has 5 nitrogen and oxygen atoms in total. The van der Waals surface area contributed by atoms with Crippen LogP contribution in [0.25, 0.3) is 0 Å². The third-order valence-corrected chi connectivity index (χ3v) is 5.96. The summed E-state index contributed by atoms with van der Waals surface area (Å²) in [4.78, 5) is 27.6. The van der Waals surface area contributed by atoms with Gasteiger partial charge in [-0.05, 0) is 30.5 Å². The highest BCUT2D eigenvalue weighted by Crippen LogP contribution is 2.42. The summed E-state index contributed by atoms with van der Waals surface area (Å²) in [7, 11) is 1.40. The van der Waals surface area contributed by atoms with Crippen LogP contribution in [0.15, 0.2) is 60.7 Å². The number of methoxy groups -OCH3 is 1. The van der Waals surface area contributed by atoms with Gasteiger partial charge in [-0.1, -0.05) is 48.5 Å². The van der Waals surface area contributed by atoms with Crippen LogP contribution >= 0.6 is 0 Å². The predicted molar refractivity (Wildman–Crippen MR) is 105 cm³/mol. The summed E-state index contributed by atoms with van der Waals surface area (Å²) in [5, 5.41) is 0. The number of carbonyl (C=O) groups excluding carboxylic acids is 2. The summed E-state index contributed by atoms with van der Waals surface area (Å²) in [6.45, 7) is 0.795. The molecule has 0 saturated carbocycles. The van der Waals surface area contributed by atoms with Crippen molar-refractivity contribution in [3.05, 3.63) is 71.8 Å². The van der Waals surface area contributed by atoms with Gasteiger partial charge in [0.1, 0.15) is 12.0 Å². The molecular formula is C23H25NO4. The lowest BCUT2D eigenvalue weighted by molar-refractivity contribution is -0.157. The van der Waals surface area contributed by atoms with Crippen LogP contribution in [0.4, 0.5) is 0 Å². The Labute approximate surface area is 165 Å². The second kappa shape index (κ2) is 8.15. The van der Waals surface area contributed by atoms with E-state index >= 15 is 0 Å². The molecule has 2 saturated heterocycles. The summed E-state index contributed by atoms with van der Waals surface area (Å²) in [6, 6.07) is 19.5. The lowest BCUT2D eigenvalue weighted by Crippen LogP contribution is -2.54. The third-order valence-electron chi connectivity index (χ3n) is 5.96. The van der Waals surface area contributed by atoms with Crippen molar-refractivity contribution in [1.29, 1.82) is 0 Å². The van der Waals surface area contributed by atoms with Gasteiger partial charge in [0.25, 0.3) is 0 Å². The Morgan fingerprint density at radius 1 is 1.00 bits per heavy atom. The molecule has 2 bridgehead atoms. The first kappa shape index (κ1) is 18.7. The zero-order chi connectivity index (χ0) is 19.5. The molecule has 0 amide bonds. The average molecular weight is 379 g/mol. The van der Waals surface area contributed by atoms with Crippen LogP contribution in [0.1, 0.15) is 35.2 Å². The molecule has 0 N–H and O–H groups in total. The SMILES string of the molecule is COC(=O)C1C2CC[C@H](C[C@@H]1OC(=O)c1ccccc1)N2Cc1ccccc1. The number of rotatable bonds is 5. The Morgan fingerprint density at radius 2 is 1.68 bits per heavy atom. The zero-order valence-corrected chi connectivity index (χ0v) is 16.0. The standard InChI is InChI=1S/C23H25NO4/c1-27-23(26)21-19-13-12-18(24(19)15-16-8-4-2-5-9-16)14-20(21)28-22(25)17-10-6-3-7-11-17/h2-11,18-21H,12-15H2,1H3/t18-,19?,20+,21?/m1/s1. The monoisotopic (exact) mass is 379 g/mol. The zero-order valence-electron chi connectivity index (χ0n) is 16.0. The minimum absolute atomic E-state index is 0.0278. The molecule has 0 aliphatic carbocycles. The minimum Gasteiger partial charge on any atom is -0.469 e. The molecule has 0 radical (unpaired) electrons. The Hall–Kier alpha value is -2.66. The summed E-state index contributed by atoms with van der Waals surface area (Å²) in [5.41, 5.74) is 1.73. The molecule has 146 valence electrons. The number of esters is 2.